The van der Waals surface area contributed by atoms with Crippen molar-refractivity contribution in [3.8, 4) is 5.75 Å². The summed E-state index contributed by atoms with van der Waals surface area (Å²) in [6.07, 6.45) is 5.08. The zero-order chi connectivity index (χ0) is 12.3. The molecule has 0 atom stereocenters. The number of benzene rings is 1. The Hall–Kier alpha value is -1.38. The van der Waals surface area contributed by atoms with Gasteiger partial charge < -0.3 is 15.8 Å². The van der Waals surface area contributed by atoms with Gasteiger partial charge in [-0.1, -0.05) is 13.0 Å². The van der Waals surface area contributed by atoms with Crippen LogP contribution >= 0.6 is 0 Å². The molecular weight excluding hydrogens is 212 g/mol. The predicted molar refractivity (Wildman–Crippen MR) is 72.4 cm³/mol. The van der Waals surface area contributed by atoms with Gasteiger partial charge in [-0.05, 0) is 43.7 Å². The highest BCUT2D eigenvalue weighted by Gasteiger charge is 2.18. The molecule has 1 fully saturated rings. The maximum atomic E-state index is 6.05. The van der Waals surface area contributed by atoms with Crippen LogP contribution in [0.25, 0.3) is 0 Å². The van der Waals surface area contributed by atoms with Gasteiger partial charge >= 0.3 is 0 Å². The molecule has 1 aromatic carbocycles. The van der Waals surface area contributed by atoms with E-state index in [2.05, 4.69) is 12.2 Å². The van der Waals surface area contributed by atoms with Crippen LogP contribution in [0.5, 0.6) is 5.75 Å². The molecule has 0 unspecified atom stereocenters. The SMILES string of the molecule is COc1cccc(NC2CCC(C)CC2)c1N. The fraction of sp³-hybridized carbons (Fsp3) is 0.571. The Morgan fingerprint density at radius 2 is 1.94 bits per heavy atom. The Labute approximate surface area is 103 Å². The molecule has 0 spiro atoms. The lowest BCUT2D eigenvalue weighted by molar-refractivity contribution is 0.361. The molecule has 1 aliphatic rings. The summed E-state index contributed by atoms with van der Waals surface area (Å²) in [7, 11) is 1.65. The van der Waals surface area contributed by atoms with E-state index in [1.165, 1.54) is 25.7 Å². The van der Waals surface area contributed by atoms with Gasteiger partial charge in [0.15, 0.2) is 0 Å². The number of nitrogens with one attached hydrogen (secondary N) is 1. The van der Waals surface area contributed by atoms with Gasteiger partial charge in [-0.15, -0.1) is 0 Å². The zero-order valence-electron chi connectivity index (χ0n) is 10.7. The van der Waals surface area contributed by atoms with Crippen LogP contribution in [0.1, 0.15) is 32.6 Å². The number of ether oxygens (including phenoxy) is 1. The van der Waals surface area contributed by atoms with Crippen LogP contribution < -0.4 is 15.8 Å². The molecule has 0 saturated heterocycles. The van der Waals surface area contributed by atoms with Crippen LogP contribution in [-0.2, 0) is 0 Å². The van der Waals surface area contributed by atoms with Gasteiger partial charge in [0.25, 0.3) is 0 Å². The third-order valence-electron chi connectivity index (χ3n) is 3.66. The largest absolute Gasteiger partial charge is 0.495 e. The predicted octanol–water partition coefficient (Wildman–Crippen LogP) is 3.27. The summed E-state index contributed by atoms with van der Waals surface area (Å²) in [5.74, 6) is 1.62. The molecule has 0 amide bonds. The first-order chi connectivity index (χ1) is 8.20. The molecule has 0 bridgehead atoms. The van der Waals surface area contributed by atoms with Crippen molar-refractivity contribution in [1.82, 2.24) is 0 Å². The third kappa shape index (κ3) is 2.84. The molecule has 3 nitrogen and oxygen atoms in total. The molecule has 3 heteroatoms. The molecule has 1 aromatic rings. The quantitative estimate of drug-likeness (QED) is 0.789. The first-order valence-electron chi connectivity index (χ1n) is 6.39. The number of nitrogen functional groups attached to an aromatic ring is 1. The number of hydrogen-bond donors (Lipinski definition) is 2. The lowest BCUT2D eigenvalue weighted by atomic mass is 9.87. The number of nitrogens with two attached hydrogens (primary N) is 1. The van der Waals surface area contributed by atoms with E-state index in [1.807, 2.05) is 18.2 Å². The Balaban J connectivity index is 2.03. The zero-order valence-corrected chi connectivity index (χ0v) is 10.7. The highest BCUT2D eigenvalue weighted by molar-refractivity contribution is 5.73. The molecule has 2 rings (SSSR count). The van der Waals surface area contributed by atoms with Crippen molar-refractivity contribution in [3.05, 3.63) is 18.2 Å². The Morgan fingerprint density at radius 3 is 2.59 bits per heavy atom. The van der Waals surface area contributed by atoms with Crippen LogP contribution in [0.2, 0.25) is 0 Å². The minimum atomic E-state index is 0.556. The number of para-hydroxylation sites is 1. The van der Waals surface area contributed by atoms with Crippen LogP contribution in [0.4, 0.5) is 11.4 Å². The van der Waals surface area contributed by atoms with Gasteiger partial charge in [-0.2, -0.15) is 0 Å². The van der Waals surface area contributed by atoms with Crippen molar-refractivity contribution < 1.29 is 4.74 Å². The van der Waals surface area contributed by atoms with Gasteiger partial charge in [0.05, 0.1) is 18.5 Å². The van der Waals surface area contributed by atoms with E-state index >= 15 is 0 Å². The highest BCUT2D eigenvalue weighted by atomic mass is 16.5. The molecule has 0 radical (unpaired) electrons. The van der Waals surface area contributed by atoms with Crippen molar-refractivity contribution in [3.63, 3.8) is 0 Å². The fourth-order valence-corrected chi connectivity index (χ4v) is 2.47. The smallest absolute Gasteiger partial charge is 0.143 e. The molecule has 1 saturated carbocycles. The van der Waals surface area contributed by atoms with Crippen molar-refractivity contribution >= 4 is 11.4 Å². The van der Waals surface area contributed by atoms with E-state index in [4.69, 9.17) is 10.5 Å². The number of methoxy groups -OCH3 is 1. The van der Waals surface area contributed by atoms with Crippen molar-refractivity contribution in [2.75, 3.05) is 18.2 Å². The van der Waals surface area contributed by atoms with E-state index in [1.54, 1.807) is 7.11 Å². The van der Waals surface area contributed by atoms with Crippen molar-refractivity contribution in [1.29, 1.82) is 0 Å². The molecule has 3 N–H and O–H groups in total. The highest BCUT2D eigenvalue weighted by Crippen LogP contribution is 2.32. The fourth-order valence-electron chi connectivity index (χ4n) is 2.47. The third-order valence-corrected chi connectivity index (χ3v) is 3.66. The van der Waals surface area contributed by atoms with Gasteiger partial charge in [0, 0.05) is 6.04 Å². The normalized spacial score (nSPS) is 24.4. The molecule has 94 valence electrons. The van der Waals surface area contributed by atoms with E-state index < -0.39 is 0 Å². The Kier molecular flexibility index (Phi) is 3.77. The maximum absolute atomic E-state index is 6.05. The Bertz CT molecular complexity index is 370. The molecule has 17 heavy (non-hydrogen) atoms. The second-order valence-electron chi connectivity index (χ2n) is 5.02. The lowest BCUT2D eigenvalue weighted by Crippen LogP contribution is -2.25. The van der Waals surface area contributed by atoms with Crippen LogP contribution in [-0.4, -0.2) is 13.2 Å². The van der Waals surface area contributed by atoms with E-state index in [0.29, 0.717) is 11.7 Å². The van der Waals surface area contributed by atoms with Crippen molar-refractivity contribution in [2.45, 2.75) is 38.6 Å². The summed E-state index contributed by atoms with van der Waals surface area (Å²) < 4.78 is 5.23. The molecule has 1 aliphatic carbocycles. The first-order valence-corrected chi connectivity index (χ1v) is 6.39. The summed E-state index contributed by atoms with van der Waals surface area (Å²) in [6.45, 7) is 2.33. The van der Waals surface area contributed by atoms with Gasteiger partial charge in [0.2, 0.25) is 0 Å². The number of rotatable bonds is 3. The van der Waals surface area contributed by atoms with Gasteiger partial charge in [-0.3, -0.25) is 0 Å². The van der Waals surface area contributed by atoms with E-state index in [0.717, 1.165) is 17.4 Å². The second-order valence-corrected chi connectivity index (χ2v) is 5.02. The lowest BCUT2D eigenvalue weighted by Gasteiger charge is -2.28. The number of hydrogen-bond acceptors (Lipinski definition) is 3. The molecular formula is C14H22N2O. The molecule has 0 heterocycles. The van der Waals surface area contributed by atoms with E-state index in [9.17, 15) is 0 Å². The standard InChI is InChI=1S/C14H22N2O/c1-10-6-8-11(9-7-10)16-12-4-3-5-13(17-2)14(12)15/h3-5,10-11,16H,6-9,15H2,1-2H3. The summed E-state index contributed by atoms with van der Waals surface area (Å²) in [4.78, 5) is 0. The number of anilines is 2. The van der Waals surface area contributed by atoms with E-state index in [-0.39, 0.29) is 0 Å². The Morgan fingerprint density at radius 1 is 1.24 bits per heavy atom. The topological polar surface area (TPSA) is 47.3 Å². The van der Waals surface area contributed by atoms with Crippen LogP contribution in [0, 0.1) is 5.92 Å². The van der Waals surface area contributed by atoms with Crippen LogP contribution in [0.3, 0.4) is 0 Å². The first kappa shape index (κ1) is 12.1. The maximum Gasteiger partial charge on any atom is 0.143 e. The summed E-state index contributed by atoms with van der Waals surface area (Å²) >= 11 is 0. The molecule has 0 aliphatic heterocycles. The van der Waals surface area contributed by atoms with Crippen LogP contribution in [0.15, 0.2) is 18.2 Å². The van der Waals surface area contributed by atoms with Crippen molar-refractivity contribution in [2.24, 2.45) is 5.92 Å². The van der Waals surface area contributed by atoms with Gasteiger partial charge in [0.1, 0.15) is 5.75 Å². The minimum Gasteiger partial charge on any atom is -0.495 e. The summed E-state index contributed by atoms with van der Waals surface area (Å²) in [5.41, 5.74) is 7.77. The average Bonchev–Trinajstić information content (AvgIpc) is 2.35. The minimum absolute atomic E-state index is 0.556. The summed E-state index contributed by atoms with van der Waals surface area (Å²) in [5, 5.41) is 3.54. The van der Waals surface area contributed by atoms with Gasteiger partial charge in [-0.25, -0.2) is 0 Å². The second kappa shape index (κ2) is 5.30. The summed E-state index contributed by atoms with van der Waals surface area (Å²) in [6, 6.07) is 6.45. The average molecular weight is 234 g/mol. The molecule has 0 aromatic heterocycles. The monoisotopic (exact) mass is 234 g/mol.